The average Bonchev–Trinajstić information content (AvgIpc) is 2.53. The summed E-state index contributed by atoms with van der Waals surface area (Å²) in [5.74, 6) is 0.465. The maximum atomic E-state index is 11.9. The zero-order chi connectivity index (χ0) is 16.7. The number of rotatable bonds is 6. The van der Waals surface area contributed by atoms with Gasteiger partial charge in [0, 0.05) is 6.54 Å². The number of nitrogens with one attached hydrogen (secondary N) is 2. The smallest absolute Gasteiger partial charge is 0.328 e. The van der Waals surface area contributed by atoms with Crippen LogP contribution in [0.2, 0.25) is 0 Å². The molecule has 2 aromatic rings. The van der Waals surface area contributed by atoms with E-state index in [1.165, 1.54) is 0 Å². The summed E-state index contributed by atoms with van der Waals surface area (Å²) in [6, 6.07) is 15.0. The number of ether oxygens (including phenoxy) is 1. The number of hydrogen-bond acceptors (Lipinski definition) is 4. The Balaban J connectivity index is 1.85. The van der Waals surface area contributed by atoms with Gasteiger partial charge in [-0.2, -0.15) is 0 Å². The van der Waals surface area contributed by atoms with Crippen molar-refractivity contribution < 1.29 is 17.9 Å². The lowest BCUT2D eigenvalue weighted by Gasteiger charge is -2.09. The highest BCUT2D eigenvalue weighted by molar-refractivity contribution is 7.89. The van der Waals surface area contributed by atoms with Crippen LogP contribution in [0.4, 0.5) is 4.79 Å². The summed E-state index contributed by atoms with van der Waals surface area (Å²) in [5, 5.41) is 2.51. The highest BCUT2D eigenvalue weighted by atomic mass is 32.2. The maximum absolute atomic E-state index is 11.9. The number of sulfonamides is 1. The molecule has 0 spiro atoms. The molecule has 0 unspecified atom stereocenters. The lowest BCUT2D eigenvalue weighted by molar-refractivity contribution is 0.245. The Labute approximate surface area is 135 Å². The first-order valence-corrected chi connectivity index (χ1v) is 8.59. The van der Waals surface area contributed by atoms with Crippen LogP contribution in [-0.2, 0) is 22.3 Å². The molecule has 2 amide bonds. The van der Waals surface area contributed by atoms with Crippen molar-refractivity contribution in [2.45, 2.75) is 12.3 Å². The van der Waals surface area contributed by atoms with E-state index in [0.29, 0.717) is 11.3 Å². The fourth-order valence-electron chi connectivity index (χ4n) is 1.93. The van der Waals surface area contributed by atoms with Gasteiger partial charge in [-0.3, -0.25) is 0 Å². The van der Waals surface area contributed by atoms with Gasteiger partial charge in [0.1, 0.15) is 5.75 Å². The SMILES string of the molecule is COc1ccc(CNC(=O)NS(=O)(=O)Cc2ccccc2)cc1. The van der Waals surface area contributed by atoms with Crippen LogP contribution >= 0.6 is 0 Å². The molecular formula is C16H18N2O4S. The highest BCUT2D eigenvalue weighted by Crippen LogP contribution is 2.11. The van der Waals surface area contributed by atoms with Gasteiger partial charge in [-0.25, -0.2) is 17.9 Å². The summed E-state index contributed by atoms with van der Waals surface area (Å²) >= 11 is 0. The summed E-state index contributed by atoms with van der Waals surface area (Å²) in [5.41, 5.74) is 1.45. The molecule has 0 atom stereocenters. The van der Waals surface area contributed by atoms with Crippen molar-refractivity contribution in [1.29, 1.82) is 0 Å². The first-order chi connectivity index (χ1) is 11.0. The van der Waals surface area contributed by atoms with Crippen molar-refractivity contribution in [3.8, 4) is 5.75 Å². The largest absolute Gasteiger partial charge is 0.497 e. The second-order valence-electron chi connectivity index (χ2n) is 4.88. The first kappa shape index (κ1) is 16.8. The summed E-state index contributed by atoms with van der Waals surface area (Å²) in [7, 11) is -2.16. The monoisotopic (exact) mass is 334 g/mol. The average molecular weight is 334 g/mol. The third-order valence-electron chi connectivity index (χ3n) is 3.06. The molecule has 6 nitrogen and oxygen atoms in total. The van der Waals surface area contributed by atoms with Gasteiger partial charge < -0.3 is 10.1 Å². The predicted molar refractivity (Wildman–Crippen MR) is 87.4 cm³/mol. The summed E-state index contributed by atoms with van der Waals surface area (Å²) in [6.45, 7) is 0.219. The summed E-state index contributed by atoms with van der Waals surface area (Å²) in [4.78, 5) is 11.7. The normalized spacial score (nSPS) is 10.8. The van der Waals surface area contributed by atoms with Crippen molar-refractivity contribution in [3.05, 3.63) is 65.7 Å². The van der Waals surface area contributed by atoms with Crippen LogP contribution in [0.25, 0.3) is 0 Å². The Hall–Kier alpha value is -2.54. The Morgan fingerprint density at radius 2 is 1.65 bits per heavy atom. The molecule has 0 saturated heterocycles. The molecule has 122 valence electrons. The van der Waals surface area contributed by atoms with Crippen LogP contribution in [0, 0.1) is 0 Å². The molecule has 0 radical (unpaired) electrons. The second kappa shape index (κ2) is 7.64. The van der Waals surface area contributed by atoms with E-state index in [-0.39, 0.29) is 12.3 Å². The molecule has 0 heterocycles. The standard InChI is InChI=1S/C16H18N2O4S/c1-22-15-9-7-13(8-10-15)11-17-16(19)18-23(20,21)12-14-5-3-2-4-6-14/h2-10H,11-12H2,1H3,(H2,17,18,19). The molecular weight excluding hydrogens is 316 g/mol. The molecule has 2 rings (SSSR count). The van der Waals surface area contributed by atoms with Crippen LogP contribution in [0.3, 0.4) is 0 Å². The van der Waals surface area contributed by atoms with Crippen LogP contribution in [0.15, 0.2) is 54.6 Å². The van der Waals surface area contributed by atoms with Crippen LogP contribution in [-0.4, -0.2) is 21.6 Å². The van der Waals surface area contributed by atoms with Gasteiger partial charge in [-0.15, -0.1) is 0 Å². The van der Waals surface area contributed by atoms with Crippen LogP contribution in [0.1, 0.15) is 11.1 Å². The van der Waals surface area contributed by atoms with Gasteiger partial charge in [0.25, 0.3) is 0 Å². The number of amides is 2. The number of carbonyl (C=O) groups is 1. The van der Waals surface area contributed by atoms with E-state index >= 15 is 0 Å². The van der Waals surface area contributed by atoms with Crippen molar-refractivity contribution in [2.24, 2.45) is 0 Å². The highest BCUT2D eigenvalue weighted by Gasteiger charge is 2.15. The molecule has 0 aromatic heterocycles. The molecule has 2 N–H and O–H groups in total. The van der Waals surface area contributed by atoms with Gasteiger partial charge in [0.2, 0.25) is 10.0 Å². The Morgan fingerprint density at radius 1 is 1.00 bits per heavy atom. The van der Waals surface area contributed by atoms with Crippen LogP contribution in [0.5, 0.6) is 5.75 Å². The van der Waals surface area contributed by atoms with Gasteiger partial charge in [0.15, 0.2) is 0 Å². The molecule has 2 aromatic carbocycles. The van der Waals surface area contributed by atoms with Crippen molar-refractivity contribution in [2.75, 3.05) is 7.11 Å². The summed E-state index contributed by atoms with van der Waals surface area (Å²) < 4.78 is 30.9. The van der Waals surface area contributed by atoms with Gasteiger partial charge in [-0.1, -0.05) is 42.5 Å². The lowest BCUT2D eigenvalue weighted by atomic mass is 10.2. The zero-order valence-corrected chi connectivity index (χ0v) is 13.5. The van der Waals surface area contributed by atoms with Crippen molar-refractivity contribution >= 4 is 16.1 Å². The Kier molecular flexibility index (Phi) is 5.59. The fraction of sp³-hybridized carbons (Fsp3) is 0.188. The molecule has 0 saturated carbocycles. The van der Waals surface area contributed by atoms with Gasteiger partial charge in [-0.05, 0) is 23.3 Å². The van der Waals surface area contributed by atoms with Crippen LogP contribution < -0.4 is 14.8 Å². The number of hydrogen-bond donors (Lipinski definition) is 2. The van der Waals surface area contributed by atoms with E-state index in [4.69, 9.17) is 4.74 Å². The van der Waals surface area contributed by atoms with Gasteiger partial charge in [0.05, 0.1) is 12.9 Å². The number of benzene rings is 2. The molecule has 0 bridgehead atoms. The van der Waals surface area contributed by atoms with Crippen molar-refractivity contribution in [3.63, 3.8) is 0 Å². The predicted octanol–water partition coefficient (Wildman–Crippen LogP) is 2.02. The van der Waals surface area contributed by atoms with E-state index in [1.54, 1.807) is 61.7 Å². The minimum Gasteiger partial charge on any atom is -0.497 e. The first-order valence-electron chi connectivity index (χ1n) is 6.94. The minimum absolute atomic E-state index is 0.219. The van der Waals surface area contributed by atoms with Crippen molar-refractivity contribution in [1.82, 2.24) is 10.0 Å². The molecule has 0 fully saturated rings. The van der Waals surface area contributed by atoms with E-state index < -0.39 is 16.1 Å². The zero-order valence-electron chi connectivity index (χ0n) is 12.7. The Morgan fingerprint density at radius 3 is 2.26 bits per heavy atom. The number of carbonyl (C=O) groups excluding carboxylic acids is 1. The third-order valence-corrected chi connectivity index (χ3v) is 4.27. The van der Waals surface area contributed by atoms with E-state index in [0.717, 1.165) is 5.56 Å². The van der Waals surface area contributed by atoms with Gasteiger partial charge >= 0.3 is 6.03 Å². The molecule has 7 heteroatoms. The molecule has 0 aliphatic carbocycles. The number of methoxy groups -OCH3 is 1. The second-order valence-corrected chi connectivity index (χ2v) is 6.60. The topological polar surface area (TPSA) is 84.5 Å². The number of urea groups is 1. The molecule has 23 heavy (non-hydrogen) atoms. The minimum atomic E-state index is -3.73. The Bertz CT molecular complexity index is 743. The molecule has 0 aliphatic rings. The summed E-state index contributed by atoms with van der Waals surface area (Å²) in [6.07, 6.45) is 0. The lowest BCUT2D eigenvalue weighted by Crippen LogP contribution is -2.39. The van der Waals surface area contributed by atoms with E-state index in [1.807, 2.05) is 4.72 Å². The third kappa shape index (κ3) is 5.63. The quantitative estimate of drug-likeness (QED) is 0.846. The molecule has 0 aliphatic heterocycles. The maximum Gasteiger partial charge on any atom is 0.328 e. The van der Waals surface area contributed by atoms with E-state index in [9.17, 15) is 13.2 Å². The van der Waals surface area contributed by atoms with E-state index in [2.05, 4.69) is 5.32 Å². The fourth-order valence-corrected chi connectivity index (χ4v) is 2.99.